The zero-order valence-electron chi connectivity index (χ0n) is 10.9. The second-order valence-electron chi connectivity index (χ2n) is 4.82. The number of anilines is 1. The third-order valence-corrected chi connectivity index (χ3v) is 3.31. The Kier molecular flexibility index (Phi) is 2.45. The monoisotopic (exact) mass is 253 g/mol. The van der Waals surface area contributed by atoms with Crippen LogP contribution in [0.15, 0.2) is 42.7 Å². The van der Waals surface area contributed by atoms with Gasteiger partial charge >= 0.3 is 0 Å². The number of hydrogen-bond donors (Lipinski definition) is 1. The average molecular weight is 253 g/mol. The van der Waals surface area contributed by atoms with Gasteiger partial charge in [0, 0.05) is 24.8 Å². The Balaban J connectivity index is 2.14. The summed E-state index contributed by atoms with van der Waals surface area (Å²) >= 11 is 0. The van der Waals surface area contributed by atoms with Gasteiger partial charge in [-0.05, 0) is 31.2 Å². The highest BCUT2D eigenvalue weighted by Crippen LogP contribution is 2.19. The highest BCUT2D eigenvalue weighted by atomic mass is 16.2. The molecule has 0 unspecified atom stereocenters. The van der Waals surface area contributed by atoms with Crippen molar-refractivity contribution < 1.29 is 4.79 Å². The van der Waals surface area contributed by atoms with Gasteiger partial charge in [0.25, 0.3) is 5.91 Å². The number of aromatic nitrogens is 2. The number of carbonyl (C=O) groups is 1. The molecule has 0 fully saturated rings. The van der Waals surface area contributed by atoms with Gasteiger partial charge in [0.1, 0.15) is 5.69 Å². The van der Waals surface area contributed by atoms with E-state index >= 15 is 0 Å². The van der Waals surface area contributed by atoms with E-state index in [1.807, 2.05) is 32.2 Å². The van der Waals surface area contributed by atoms with Gasteiger partial charge < -0.3 is 10.3 Å². The first kappa shape index (κ1) is 11.6. The van der Waals surface area contributed by atoms with Crippen LogP contribution in [0, 0.1) is 6.92 Å². The van der Waals surface area contributed by atoms with Crippen LogP contribution in [0.5, 0.6) is 0 Å². The molecule has 0 aliphatic rings. The van der Waals surface area contributed by atoms with Gasteiger partial charge in [-0.2, -0.15) is 0 Å². The first-order valence-electron chi connectivity index (χ1n) is 6.10. The van der Waals surface area contributed by atoms with Crippen molar-refractivity contribution >= 4 is 22.5 Å². The zero-order chi connectivity index (χ0) is 13.6. The molecular weight excluding hydrogens is 238 g/mol. The van der Waals surface area contributed by atoms with E-state index < -0.39 is 0 Å². The molecule has 4 heteroatoms. The molecule has 0 saturated heterocycles. The molecule has 19 heavy (non-hydrogen) atoms. The Morgan fingerprint density at radius 1 is 1.21 bits per heavy atom. The second kappa shape index (κ2) is 4.02. The highest BCUT2D eigenvalue weighted by molar-refractivity contribution is 6.01. The molecule has 0 aliphatic carbocycles. The molecule has 0 aliphatic heterocycles. The SMILES string of the molecule is Cc1ccc2c(ccn2C(=O)c2cc(N)cn2C)c1. The topological polar surface area (TPSA) is 52.9 Å². The number of nitrogen functional groups attached to an aromatic ring is 1. The van der Waals surface area contributed by atoms with E-state index in [9.17, 15) is 4.79 Å². The van der Waals surface area contributed by atoms with Gasteiger partial charge in [-0.1, -0.05) is 11.6 Å². The number of nitrogens with two attached hydrogens (primary N) is 1. The smallest absolute Gasteiger partial charge is 0.279 e. The van der Waals surface area contributed by atoms with Crippen LogP contribution in [0.3, 0.4) is 0 Å². The summed E-state index contributed by atoms with van der Waals surface area (Å²) in [5.74, 6) is -0.0712. The Morgan fingerprint density at radius 3 is 2.68 bits per heavy atom. The molecule has 96 valence electrons. The summed E-state index contributed by atoms with van der Waals surface area (Å²) in [6.45, 7) is 2.04. The fraction of sp³-hybridized carbons (Fsp3) is 0.133. The summed E-state index contributed by atoms with van der Waals surface area (Å²) in [4.78, 5) is 12.5. The van der Waals surface area contributed by atoms with Crippen LogP contribution in [0.1, 0.15) is 16.1 Å². The van der Waals surface area contributed by atoms with Crippen molar-refractivity contribution in [2.75, 3.05) is 5.73 Å². The number of carbonyl (C=O) groups excluding carboxylic acids is 1. The highest BCUT2D eigenvalue weighted by Gasteiger charge is 2.15. The van der Waals surface area contributed by atoms with Crippen LogP contribution in [-0.2, 0) is 7.05 Å². The summed E-state index contributed by atoms with van der Waals surface area (Å²) in [6, 6.07) is 9.69. The summed E-state index contributed by atoms with van der Waals surface area (Å²) < 4.78 is 3.40. The minimum absolute atomic E-state index is 0.0712. The maximum absolute atomic E-state index is 12.5. The van der Waals surface area contributed by atoms with Crippen LogP contribution in [0.25, 0.3) is 10.9 Å². The van der Waals surface area contributed by atoms with Gasteiger partial charge in [0.05, 0.1) is 11.2 Å². The Hall–Kier alpha value is -2.49. The molecule has 1 aromatic carbocycles. The van der Waals surface area contributed by atoms with Crippen molar-refractivity contribution in [2.24, 2.45) is 7.05 Å². The Bertz CT molecular complexity index is 780. The summed E-state index contributed by atoms with van der Waals surface area (Å²) in [5, 5.41) is 1.07. The number of rotatable bonds is 1. The molecule has 2 aromatic heterocycles. The standard InChI is InChI=1S/C15H15N3O/c1-10-3-4-13-11(7-10)5-6-18(13)15(19)14-8-12(16)9-17(14)2/h3-9H,16H2,1-2H3. The van der Waals surface area contributed by atoms with Crippen molar-refractivity contribution in [1.29, 1.82) is 0 Å². The van der Waals surface area contributed by atoms with Gasteiger partial charge in [-0.15, -0.1) is 0 Å². The minimum atomic E-state index is -0.0712. The molecular formula is C15H15N3O. The summed E-state index contributed by atoms with van der Waals surface area (Å²) in [5.41, 5.74) is 8.99. The van der Waals surface area contributed by atoms with Gasteiger partial charge in [-0.3, -0.25) is 9.36 Å². The van der Waals surface area contributed by atoms with Gasteiger partial charge in [-0.25, -0.2) is 0 Å². The molecule has 3 rings (SSSR count). The van der Waals surface area contributed by atoms with Gasteiger partial charge in [0.2, 0.25) is 0 Å². The van der Waals surface area contributed by atoms with E-state index in [0.29, 0.717) is 11.4 Å². The molecule has 3 aromatic rings. The lowest BCUT2D eigenvalue weighted by atomic mass is 10.2. The largest absolute Gasteiger partial charge is 0.397 e. The zero-order valence-corrected chi connectivity index (χ0v) is 10.9. The van der Waals surface area contributed by atoms with E-state index in [2.05, 4.69) is 6.07 Å². The van der Waals surface area contributed by atoms with Crippen molar-refractivity contribution in [3.05, 3.63) is 54.0 Å². The summed E-state index contributed by atoms with van der Waals surface area (Å²) in [7, 11) is 1.82. The fourth-order valence-corrected chi connectivity index (χ4v) is 2.37. The number of aryl methyl sites for hydroxylation is 2. The van der Waals surface area contributed by atoms with E-state index in [0.717, 1.165) is 10.9 Å². The van der Waals surface area contributed by atoms with E-state index in [4.69, 9.17) is 5.73 Å². The average Bonchev–Trinajstić information content (AvgIpc) is 2.91. The van der Waals surface area contributed by atoms with E-state index in [1.165, 1.54) is 5.56 Å². The Labute approximate surface area is 111 Å². The number of benzene rings is 1. The predicted molar refractivity (Wildman–Crippen MR) is 76.2 cm³/mol. The quantitative estimate of drug-likeness (QED) is 0.724. The van der Waals surface area contributed by atoms with Gasteiger partial charge in [0.15, 0.2) is 0 Å². The van der Waals surface area contributed by atoms with Crippen molar-refractivity contribution in [3.63, 3.8) is 0 Å². The number of fused-ring (bicyclic) bond motifs is 1. The molecule has 0 amide bonds. The van der Waals surface area contributed by atoms with Crippen LogP contribution < -0.4 is 5.73 Å². The lowest BCUT2D eigenvalue weighted by molar-refractivity contribution is 0.0957. The first-order chi connectivity index (χ1) is 9.06. The van der Waals surface area contributed by atoms with Crippen LogP contribution in [0.2, 0.25) is 0 Å². The van der Waals surface area contributed by atoms with Crippen molar-refractivity contribution in [1.82, 2.24) is 9.13 Å². The Morgan fingerprint density at radius 2 is 2.00 bits per heavy atom. The van der Waals surface area contributed by atoms with Crippen LogP contribution in [-0.4, -0.2) is 15.0 Å². The second-order valence-corrected chi connectivity index (χ2v) is 4.82. The van der Waals surface area contributed by atoms with Crippen molar-refractivity contribution in [2.45, 2.75) is 6.92 Å². The molecule has 0 spiro atoms. The molecule has 0 saturated carbocycles. The molecule has 2 heterocycles. The molecule has 0 atom stereocenters. The fourth-order valence-electron chi connectivity index (χ4n) is 2.37. The maximum atomic E-state index is 12.5. The first-order valence-corrected chi connectivity index (χ1v) is 6.10. The minimum Gasteiger partial charge on any atom is -0.397 e. The molecule has 0 radical (unpaired) electrons. The maximum Gasteiger partial charge on any atom is 0.279 e. The van der Waals surface area contributed by atoms with Crippen LogP contribution in [0.4, 0.5) is 5.69 Å². The number of hydrogen-bond acceptors (Lipinski definition) is 2. The van der Waals surface area contributed by atoms with E-state index in [-0.39, 0.29) is 5.91 Å². The van der Waals surface area contributed by atoms with E-state index in [1.54, 1.807) is 27.6 Å². The van der Waals surface area contributed by atoms with Crippen LogP contribution >= 0.6 is 0 Å². The molecule has 0 bridgehead atoms. The summed E-state index contributed by atoms with van der Waals surface area (Å²) in [6.07, 6.45) is 3.54. The lowest BCUT2D eigenvalue weighted by Gasteiger charge is -2.05. The third kappa shape index (κ3) is 1.81. The van der Waals surface area contributed by atoms with Crippen molar-refractivity contribution in [3.8, 4) is 0 Å². The third-order valence-electron chi connectivity index (χ3n) is 3.31. The lowest BCUT2D eigenvalue weighted by Crippen LogP contribution is -2.14. The predicted octanol–water partition coefficient (Wildman–Crippen LogP) is 2.56. The molecule has 4 nitrogen and oxygen atoms in total. The molecule has 2 N–H and O–H groups in total. The normalized spacial score (nSPS) is 11.1. The number of nitrogens with zero attached hydrogens (tertiary/aromatic N) is 2.